The number of methoxy groups -OCH3 is 2. The van der Waals surface area contributed by atoms with Crippen LogP contribution < -0.4 is 10.1 Å². The topological polar surface area (TPSA) is 85.3 Å². The summed E-state index contributed by atoms with van der Waals surface area (Å²) in [5, 5.41) is 3.11. The van der Waals surface area contributed by atoms with Gasteiger partial charge in [0.25, 0.3) is 6.43 Å². The van der Waals surface area contributed by atoms with Crippen molar-refractivity contribution in [3.8, 4) is 5.75 Å². The Balaban J connectivity index is 1.80. The molecule has 0 spiro atoms. The van der Waals surface area contributed by atoms with Gasteiger partial charge < -0.3 is 19.5 Å². The molecule has 2 heterocycles. The van der Waals surface area contributed by atoms with Gasteiger partial charge in [-0.1, -0.05) is 6.07 Å². The van der Waals surface area contributed by atoms with Crippen LogP contribution >= 0.6 is 0 Å². The molecule has 1 aromatic heterocycles. The molecule has 14 heteroatoms. The van der Waals surface area contributed by atoms with Crippen LogP contribution in [0.15, 0.2) is 36.5 Å². The quantitative estimate of drug-likeness (QED) is 0.193. The number of halogens is 5. The van der Waals surface area contributed by atoms with Crippen molar-refractivity contribution in [1.82, 2.24) is 14.4 Å². The molecule has 3 aromatic rings. The van der Waals surface area contributed by atoms with Gasteiger partial charge in [-0.3, -0.25) is 14.4 Å². The zero-order valence-electron chi connectivity index (χ0n) is 27.5. The summed E-state index contributed by atoms with van der Waals surface area (Å²) in [7, 11) is 2.66. The fourth-order valence-electron chi connectivity index (χ4n) is 5.81. The number of hydrogen-bond donors (Lipinski definition) is 1. The van der Waals surface area contributed by atoms with Crippen LogP contribution in [-0.2, 0) is 16.0 Å². The molecule has 1 aliphatic rings. The Morgan fingerprint density at radius 2 is 1.77 bits per heavy atom. The highest BCUT2D eigenvalue weighted by molar-refractivity contribution is 5.96. The van der Waals surface area contributed by atoms with Crippen molar-refractivity contribution < 1.29 is 45.8 Å². The van der Waals surface area contributed by atoms with E-state index in [2.05, 4.69) is 5.32 Å². The van der Waals surface area contributed by atoms with Gasteiger partial charge in [0.15, 0.2) is 0 Å². The molecule has 2 atom stereocenters. The van der Waals surface area contributed by atoms with E-state index in [1.807, 2.05) is 17.9 Å². The van der Waals surface area contributed by atoms with E-state index in [-0.39, 0.29) is 24.3 Å². The Kier molecular flexibility index (Phi) is 10.8. The van der Waals surface area contributed by atoms with Gasteiger partial charge in [-0.2, -0.15) is 13.2 Å². The first-order valence-corrected chi connectivity index (χ1v) is 15.1. The maximum Gasteiger partial charge on any atom is 0.419 e. The number of carbonyl (C=O) groups excluding carboxylic acids is 2. The number of ether oxygens (including phenoxy) is 3. The number of aryl methyl sites for hydroxylation is 1. The molecule has 2 aromatic carbocycles. The molecule has 1 unspecified atom stereocenters. The maximum atomic E-state index is 13.5. The minimum atomic E-state index is -4.60. The van der Waals surface area contributed by atoms with Crippen molar-refractivity contribution in [2.24, 2.45) is 0 Å². The van der Waals surface area contributed by atoms with Crippen molar-refractivity contribution in [2.45, 2.75) is 71.4 Å². The molecule has 1 N–H and O–H groups in total. The van der Waals surface area contributed by atoms with Gasteiger partial charge in [0.2, 0.25) is 0 Å². The summed E-state index contributed by atoms with van der Waals surface area (Å²) in [4.78, 5) is 29.2. The van der Waals surface area contributed by atoms with Crippen LogP contribution in [-0.4, -0.2) is 91.1 Å². The molecule has 1 aliphatic heterocycles. The summed E-state index contributed by atoms with van der Waals surface area (Å²) in [5.74, 6) is -0.275. The number of anilines is 1. The molecular formula is C33H41F5N4O5. The standard InChI is InChI=1S/C33H41F5N4O5/c1-19-14-27(45-6)24(22-10-11-42(29(19)22)31(44)47-32(3,4)5)16-41-13-12-40(18-28(34)35)17-26(41)21-8-9-23(30(43)46-7)25(15-21)39-20(2)33(36,37)38/h8-11,14-15,20,26,28,39H,12-13,16-18H2,1-7H3/t20-,26?/m1/s1. The Morgan fingerprint density at radius 3 is 2.36 bits per heavy atom. The first kappa shape index (κ1) is 35.9. The highest BCUT2D eigenvalue weighted by Gasteiger charge is 2.37. The van der Waals surface area contributed by atoms with E-state index >= 15 is 0 Å². The van der Waals surface area contributed by atoms with Gasteiger partial charge >= 0.3 is 18.2 Å². The lowest BCUT2D eigenvalue weighted by Gasteiger charge is -2.42. The maximum absolute atomic E-state index is 13.5. The number of hydrogen-bond acceptors (Lipinski definition) is 8. The minimum absolute atomic E-state index is 0.0881. The number of rotatable bonds is 9. The van der Waals surface area contributed by atoms with E-state index in [0.29, 0.717) is 29.9 Å². The van der Waals surface area contributed by atoms with Crippen molar-refractivity contribution in [2.75, 3.05) is 45.7 Å². The largest absolute Gasteiger partial charge is 0.496 e. The fraction of sp³-hybridized carbons (Fsp3) is 0.515. The number of carbonyl (C=O) groups is 2. The number of piperazine rings is 1. The van der Waals surface area contributed by atoms with Crippen LogP contribution in [0.5, 0.6) is 5.75 Å². The molecule has 47 heavy (non-hydrogen) atoms. The summed E-state index contributed by atoms with van der Waals surface area (Å²) >= 11 is 0. The summed E-state index contributed by atoms with van der Waals surface area (Å²) in [6.07, 6.45) is -6.11. The lowest BCUT2D eigenvalue weighted by molar-refractivity contribution is -0.138. The summed E-state index contributed by atoms with van der Waals surface area (Å²) < 4.78 is 85.2. The number of benzene rings is 2. The molecule has 4 rings (SSSR count). The molecule has 0 amide bonds. The fourth-order valence-corrected chi connectivity index (χ4v) is 5.81. The van der Waals surface area contributed by atoms with E-state index in [1.165, 1.54) is 23.8 Å². The van der Waals surface area contributed by atoms with Gasteiger partial charge in [-0.25, -0.2) is 18.4 Å². The third-order valence-corrected chi connectivity index (χ3v) is 8.07. The number of esters is 1. The van der Waals surface area contributed by atoms with Crippen LogP contribution in [0.1, 0.15) is 60.8 Å². The van der Waals surface area contributed by atoms with E-state index in [1.54, 1.807) is 44.0 Å². The molecule has 0 bridgehead atoms. The second-order valence-electron chi connectivity index (χ2n) is 12.6. The third kappa shape index (κ3) is 8.33. The monoisotopic (exact) mass is 668 g/mol. The highest BCUT2D eigenvalue weighted by Crippen LogP contribution is 2.37. The smallest absolute Gasteiger partial charge is 0.419 e. The van der Waals surface area contributed by atoms with Crippen LogP contribution in [0.4, 0.5) is 32.4 Å². The summed E-state index contributed by atoms with van der Waals surface area (Å²) in [5.41, 5.74) is 1.73. The number of nitrogens with one attached hydrogen (secondary N) is 1. The van der Waals surface area contributed by atoms with Crippen molar-refractivity contribution in [1.29, 1.82) is 0 Å². The number of aromatic nitrogens is 1. The average Bonchev–Trinajstić information content (AvgIpc) is 3.43. The van der Waals surface area contributed by atoms with Crippen molar-refractivity contribution in [3.05, 3.63) is 58.8 Å². The van der Waals surface area contributed by atoms with Crippen LogP contribution in [0.2, 0.25) is 0 Å². The first-order chi connectivity index (χ1) is 21.9. The average molecular weight is 669 g/mol. The Bertz CT molecular complexity index is 1600. The van der Waals surface area contributed by atoms with Crippen molar-refractivity contribution in [3.63, 3.8) is 0 Å². The zero-order chi connectivity index (χ0) is 34.8. The first-order valence-electron chi connectivity index (χ1n) is 15.1. The minimum Gasteiger partial charge on any atom is -0.496 e. The molecule has 1 fully saturated rings. The Hall–Kier alpha value is -3.91. The van der Waals surface area contributed by atoms with Crippen LogP contribution in [0.25, 0.3) is 10.9 Å². The third-order valence-electron chi connectivity index (χ3n) is 8.07. The number of alkyl halides is 5. The molecule has 0 aliphatic carbocycles. The SMILES string of the molecule is COC(=O)c1ccc(C2CN(CC(F)F)CCN2Cc2c(OC)cc(C)c3c2ccn3C(=O)OC(C)(C)C)cc1N[C@H](C)C(F)(F)F. The van der Waals surface area contributed by atoms with Gasteiger partial charge in [0.05, 0.1) is 31.8 Å². The predicted octanol–water partition coefficient (Wildman–Crippen LogP) is 7.01. The van der Waals surface area contributed by atoms with E-state index in [9.17, 15) is 31.5 Å². The highest BCUT2D eigenvalue weighted by atomic mass is 19.4. The Labute approximate surface area is 270 Å². The summed E-state index contributed by atoms with van der Waals surface area (Å²) in [6.45, 7) is 8.67. The summed E-state index contributed by atoms with van der Waals surface area (Å²) in [6, 6.07) is 5.47. The molecule has 0 radical (unpaired) electrons. The van der Waals surface area contributed by atoms with Crippen LogP contribution in [0, 0.1) is 6.92 Å². The lowest BCUT2D eigenvalue weighted by Crippen LogP contribution is -2.49. The Morgan fingerprint density at radius 1 is 1.06 bits per heavy atom. The molecule has 0 saturated carbocycles. The zero-order valence-corrected chi connectivity index (χ0v) is 27.5. The molecule has 9 nitrogen and oxygen atoms in total. The number of nitrogens with zero attached hydrogens (tertiary/aromatic N) is 3. The predicted molar refractivity (Wildman–Crippen MR) is 167 cm³/mol. The molecule has 258 valence electrons. The molecule has 1 saturated heterocycles. The number of fused-ring (bicyclic) bond motifs is 1. The van der Waals surface area contributed by atoms with E-state index in [4.69, 9.17) is 14.2 Å². The normalized spacial score (nSPS) is 17.2. The van der Waals surface area contributed by atoms with Gasteiger partial charge in [0, 0.05) is 55.1 Å². The van der Waals surface area contributed by atoms with Crippen LogP contribution in [0.3, 0.4) is 0 Å². The van der Waals surface area contributed by atoms with Gasteiger partial charge in [0.1, 0.15) is 17.4 Å². The van der Waals surface area contributed by atoms with Gasteiger partial charge in [-0.15, -0.1) is 0 Å². The van der Waals surface area contributed by atoms with E-state index in [0.717, 1.165) is 30.5 Å². The van der Waals surface area contributed by atoms with Crippen molar-refractivity contribution >= 4 is 28.7 Å². The lowest BCUT2D eigenvalue weighted by atomic mass is 9.97. The second-order valence-corrected chi connectivity index (χ2v) is 12.6. The second kappa shape index (κ2) is 14.1. The van der Waals surface area contributed by atoms with E-state index < -0.39 is 48.9 Å². The van der Waals surface area contributed by atoms with Gasteiger partial charge in [-0.05, 0) is 70.0 Å². The molecular weight excluding hydrogens is 627 g/mol.